The first-order valence-electron chi connectivity index (χ1n) is 8.59. The summed E-state index contributed by atoms with van der Waals surface area (Å²) >= 11 is 6.24. The Bertz CT molecular complexity index is 1170. The van der Waals surface area contributed by atoms with Crippen molar-refractivity contribution < 1.29 is 13.6 Å². The summed E-state index contributed by atoms with van der Waals surface area (Å²) in [6, 6.07) is 14.0. The molecule has 4 rings (SSSR count). The van der Waals surface area contributed by atoms with Crippen molar-refractivity contribution in [3.8, 4) is 5.82 Å². The summed E-state index contributed by atoms with van der Waals surface area (Å²) in [6.07, 6.45) is 3.49. The van der Waals surface area contributed by atoms with Crippen LogP contribution < -0.4 is 5.32 Å². The highest BCUT2D eigenvalue weighted by Gasteiger charge is 2.22. The Morgan fingerprint density at radius 1 is 1.03 bits per heavy atom. The summed E-state index contributed by atoms with van der Waals surface area (Å²) in [5.41, 5.74) is 0.936. The largest absolute Gasteiger partial charge is 0.320 e. The number of carbonyl (C=O) groups is 1. The molecule has 1 N–H and O–H groups in total. The Labute approximate surface area is 169 Å². The van der Waals surface area contributed by atoms with Gasteiger partial charge in [-0.05, 0) is 35.9 Å². The molecule has 2 aromatic carbocycles. The van der Waals surface area contributed by atoms with Crippen molar-refractivity contribution in [3.05, 3.63) is 94.9 Å². The highest BCUT2D eigenvalue weighted by molar-refractivity contribution is 6.31. The third-order valence-corrected chi connectivity index (χ3v) is 4.60. The van der Waals surface area contributed by atoms with Crippen LogP contribution in [0.1, 0.15) is 16.1 Å². The lowest BCUT2D eigenvalue weighted by Gasteiger charge is -2.10. The van der Waals surface area contributed by atoms with Gasteiger partial charge in [-0.25, -0.2) is 13.5 Å². The van der Waals surface area contributed by atoms with Crippen molar-refractivity contribution in [2.75, 3.05) is 5.32 Å². The monoisotopic (exact) mass is 413 g/mol. The van der Waals surface area contributed by atoms with Gasteiger partial charge in [0.25, 0.3) is 5.91 Å². The van der Waals surface area contributed by atoms with Gasteiger partial charge in [0, 0.05) is 29.2 Å². The highest BCUT2D eigenvalue weighted by atomic mass is 35.5. The molecule has 1 amide bonds. The zero-order valence-corrected chi connectivity index (χ0v) is 15.6. The SMILES string of the molecule is O=C(Nc1ccc(F)c(F)c1)c1nnn(Cc2ccccc2Cl)c1-n1cccc1. The predicted molar refractivity (Wildman–Crippen MR) is 104 cm³/mol. The first kappa shape index (κ1) is 18.8. The van der Waals surface area contributed by atoms with E-state index in [1.807, 2.05) is 18.2 Å². The Morgan fingerprint density at radius 3 is 2.52 bits per heavy atom. The zero-order chi connectivity index (χ0) is 20.4. The fourth-order valence-electron chi connectivity index (χ4n) is 2.84. The molecule has 29 heavy (non-hydrogen) atoms. The van der Waals surface area contributed by atoms with Gasteiger partial charge in [0.05, 0.1) is 6.54 Å². The van der Waals surface area contributed by atoms with Crippen LogP contribution in [0.3, 0.4) is 0 Å². The van der Waals surface area contributed by atoms with Crippen molar-refractivity contribution in [2.24, 2.45) is 0 Å². The van der Waals surface area contributed by atoms with Crippen LogP contribution in [0.15, 0.2) is 67.0 Å². The highest BCUT2D eigenvalue weighted by Crippen LogP contribution is 2.21. The number of amides is 1. The molecule has 0 saturated heterocycles. The third kappa shape index (κ3) is 3.88. The smallest absolute Gasteiger partial charge is 0.280 e. The summed E-state index contributed by atoms with van der Waals surface area (Å²) in [4.78, 5) is 12.8. The van der Waals surface area contributed by atoms with Crippen molar-refractivity contribution in [1.82, 2.24) is 19.6 Å². The second-order valence-electron chi connectivity index (χ2n) is 6.18. The number of carbonyl (C=O) groups excluding carboxylic acids is 1. The molecule has 9 heteroatoms. The molecule has 4 aromatic rings. The van der Waals surface area contributed by atoms with Gasteiger partial charge in [-0.2, -0.15) is 0 Å². The van der Waals surface area contributed by atoms with E-state index in [9.17, 15) is 13.6 Å². The van der Waals surface area contributed by atoms with Crippen molar-refractivity contribution >= 4 is 23.2 Å². The number of nitrogens with zero attached hydrogens (tertiary/aromatic N) is 4. The second-order valence-corrected chi connectivity index (χ2v) is 6.59. The lowest BCUT2D eigenvalue weighted by atomic mass is 10.2. The molecular weight excluding hydrogens is 400 g/mol. The van der Waals surface area contributed by atoms with E-state index in [2.05, 4.69) is 15.6 Å². The molecule has 146 valence electrons. The van der Waals surface area contributed by atoms with Gasteiger partial charge in [-0.3, -0.25) is 4.79 Å². The number of benzene rings is 2. The van der Waals surface area contributed by atoms with Gasteiger partial charge in [-0.15, -0.1) is 5.10 Å². The van der Waals surface area contributed by atoms with Crippen LogP contribution in [0.5, 0.6) is 0 Å². The van der Waals surface area contributed by atoms with Crippen LogP contribution in [-0.2, 0) is 6.54 Å². The summed E-state index contributed by atoms with van der Waals surface area (Å²) in [7, 11) is 0. The first-order valence-corrected chi connectivity index (χ1v) is 8.97. The molecule has 0 saturated carbocycles. The number of hydrogen-bond donors (Lipinski definition) is 1. The molecule has 0 aliphatic rings. The van der Waals surface area contributed by atoms with E-state index in [1.54, 1.807) is 39.8 Å². The van der Waals surface area contributed by atoms with Crippen LogP contribution >= 0.6 is 11.6 Å². The minimum Gasteiger partial charge on any atom is -0.320 e. The van der Waals surface area contributed by atoms with E-state index in [1.165, 1.54) is 6.07 Å². The minimum atomic E-state index is -1.06. The van der Waals surface area contributed by atoms with Crippen LogP contribution in [0.25, 0.3) is 5.82 Å². The average molecular weight is 414 g/mol. The van der Waals surface area contributed by atoms with Crippen LogP contribution in [0.4, 0.5) is 14.5 Å². The maximum absolute atomic E-state index is 13.4. The van der Waals surface area contributed by atoms with E-state index < -0.39 is 17.5 Å². The molecule has 0 fully saturated rings. The van der Waals surface area contributed by atoms with E-state index >= 15 is 0 Å². The Kier molecular flexibility index (Phi) is 5.09. The number of halogens is 3. The molecule has 2 heterocycles. The summed E-state index contributed by atoms with van der Waals surface area (Å²) < 4.78 is 29.8. The molecular formula is C20H14ClF2N5O. The number of anilines is 1. The molecule has 0 aliphatic carbocycles. The second kappa shape index (κ2) is 7.84. The fraction of sp³-hybridized carbons (Fsp3) is 0.0500. The van der Waals surface area contributed by atoms with Crippen LogP contribution in [0.2, 0.25) is 5.02 Å². The molecule has 0 bridgehead atoms. The van der Waals surface area contributed by atoms with Gasteiger partial charge in [0.2, 0.25) is 0 Å². The van der Waals surface area contributed by atoms with Crippen molar-refractivity contribution in [2.45, 2.75) is 6.54 Å². The van der Waals surface area contributed by atoms with Crippen LogP contribution in [-0.4, -0.2) is 25.5 Å². The van der Waals surface area contributed by atoms with Gasteiger partial charge >= 0.3 is 0 Å². The maximum Gasteiger partial charge on any atom is 0.280 e. The topological polar surface area (TPSA) is 64.7 Å². The summed E-state index contributed by atoms with van der Waals surface area (Å²) in [5, 5.41) is 11.2. The minimum absolute atomic E-state index is 0.0259. The third-order valence-electron chi connectivity index (χ3n) is 4.23. The number of rotatable bonds is 5. The van der Waals surface area contributed by atoms with E-state index in [-0.39, 0.29) is 11.4 Å². The van der Waals surface area contributed by atoms with Gasteiger partial charge in [0.1, 0.15) is 0 Å². The lowest BCUT2D eigenvalue weighted by Crippen LogP contribution is -2.17. The first-order chi connectivity index (χ1) is 14.0. The average Bonchev–Trinajstić information content (AvgIpc) is 3.36. The van der Waals surface area contributed by atoms with E-state index in [0.717, 1.165) is 17.7 Å². The Hall–Kier alpha value is -3.52. The standard InChI is InChI=1S/C20H14ClF2N5O/c21-15-6-2-1-5-13(15)12-28-20(27-9-3-4-10-27)18(25-26-28)19(29)24-14-7-8-16(22)17(23)11-14/h1-11H,12H2,(H,24,29). The van der Waals surface area contributed by atoms with Gasteiger partial charge < -0.3 is 9.88 Å². The molecule has 0 unspecified atom stereocenters. The van der Waals surface area contributed by atoms with E-state index in [4.69, 9.17) is 11.6 Å². The fourth-order valence-corrected chi connectivity index (χ4v) is 3.04. The van der Waals surface area contributed by atoms with Crippen LogP contribution in [0, 0.1) is 11.6 Å². The summed E-state index contributed by atoms with van der Waals surface area (Å²) in [5.74, 6) is -2.25. The number of hydrogen-bond acceptors (Lipinski definition) is 3. The predicted octanol–water partition coefficient (Wildman–Crippen LogP) is 4.30. The lowest BCUT2D eigenvalue weighted by molar-refractivity contribution is 0.102. The van der Waals surface area contributed by atoms with Gasteiger partial charge in [-0.1, -0.05) is 35.0 Å². The zero-order valence-electron chi connectivity index (χ0n) is 14.9. The maximum atomic E-state index is 13.4. The molecule has 0 aliphatic heterocycles. The molecule has 0 atom stereocenters. The Balaban J connectivity index is 1.70. The molecule has 0 radical (unpaired) electrons. The summed E-state index contributed by atoms with van der Waals surface area (Å²) in [6.45, 7) is 0.290. The number of nitrogens with one attached hydrogen (secondary N) is 1. The van der Waals surface area contributed by atoms with E-state index in [0.29, 0.717) is 17.4 Å². The Morgan fingerprint density at radius 2 is 1.79 bits per heavy atom. The molecule has 0 spiro atoms. The van der Waals surface area contributed by atoms with Crippen molar-refractivity contribution in [3.63, 3.8) is 0 Å². The quantitative estimate of drug-likeness (QED) is 0.530. The normalized spacial score (nSPS) is 10.9. The van der Waals surface area contributed by atoms with Gasteiger partial charge in [0.15, 0.2) is 23.1 Å². The molecule has 6 nitrogen and oxygen atoms in total. The van der Waals surface area contributed by atoms with Crippen molar-refractivity contribution in [1.29, 1.82) is 0 Å². The number of aromatic nitrogens is 4. The molecule has 2 aromatic heterocycles.